The van der Waals surface area contributed by atoms with Crippen molar-refractivity contribution in [2.75, 3.05) is 13.1 Å². The lowest BCUT2D eigenvalue weighted by atomic mass is 10.00. The van der Waals surface area contributed by atoms with E-state index < -0.39 is 6.30 Å². The molecular weight excluding hydrogens is 155 g/mol. The van der Waals surface area contributed by atoms with Crippen molar-refractivity contribution >= 4 is 0 Å². The molecule has 0 aromatic carbocycles. The van der Waals surface area contributed by atoms with Crippen molar-refractivity contribution in [3.63, 3.8) is 0 Å². The molecule has 1 rings (SSSR count). The summed E-state index contributed by atoms with van der Waals surface area (Å²) in [5, 5.41) is 2.82. The van der Waals surface area contributed by atoms with Gasteiger partial charge in [0.15, 0.2) is 6.30 Å². The van der Waals surface area contributed by atoms with E-state index in [9.17, 15) is 4.39 Å². The van der Waals surface area contributed by atoms with Crippen LogP contribution in [0.4, 0.5) is 4.39 Å². The zero-order valence-corrected chi connectivity index (χ0v) is 7.56. The lowest BCUT2D eigenvalue weighted by Crippen LogP contribution is -2.21. The summed E-state index contributed by atoms with van der Waals surface area (Å²) in [4.78, 5) is 0. The molecule has 2 unspecified atom stereocenters. The van der Waals surface area contributed by atoms with E-state index in [1.807, 2.05) is 0 Å². The Labute approximate surface area is 73.7 Å². The van der Waals surface area contributed by atoms with Crippen molar-refractivity contribution in [2.45, 2.75) is 38.4 Å². The lowest BCUT2D eigenvalue weighted by Gasteiger charge is -2.10. The molecule has 0 radical (unpaired) electrons. The Kier molecular flexibility index (Phi) is 4.54. The van der Waals surface area contributed by atoms with Gasteiger partial charge in [0, 0.05) is 5.92 Å². The number of hydrogen-bond donors (Lipinski definition) is 2. The Morgan fingerprint density at radius 1 is 1.33 bits per heavy atom. The molecule has 1 aliphatic rings. The lowest BCUT2D eigenvalue weighted by molar-refractivity contribution is 0.225. The molecule has 72 valence electrons. The van der Waals surface area contributed by atoms with Gasteiger partial charge in [-0.2, -0.15) is 0 Å². The molecule has 0 amide bonds. The maximum Gasteiger partial charge on any atom is 0.154 e. The number of nitrogens with one attached hydrogen (secondary N) is 1. The largest absolute Gasteiger partial charge is 0.330 e. The second-order valence-electron chi connectivity index (χ2n) is 3.54. The Hall–Kier alpha value is -0.150. The number of hydrogen-bond acceptors (Lipinski definition) is 2. The van der Waals surface area contributed by atoms with Crippen molar-refractivity contribution in [3.8, 4) is 0 Å². The zero-order chi connectivity index (χ0) is 8.81. The summed E-state index contributed by atoms with van der Waals surface area (Å²) in [5.74, 6) is 0.266. The third-order valence-corrected chi connectivity index (χ3v) is 2.55. The van der Waals surface area contributed by atoms with Gasteiger partial charge in [0.1, 0.15) is 0 Å². The van der Waals surface area contributed by atoms with Crippen LogP contribution in [0.25, 0.3) is 0 Å². The highest BCUT2D eigenvalue weighted by Gasteiger charge is 2.25. The Morgan fingerprint density at radius 2 is 2.17 bits per heavy atom. The number of rotatable bonds is 5. The predicted molar refractivity (Wildman–Crippen MR) is 48.5 cm³/mol. The highest BCUT2D eigenvalue weighted by molar-refractivity contribution is 4.75. The molecule has 0 aromatic rings. The summed E-state index contributed by atoms with van der Waals surface area (Å²) < 4.78 is 13.0. The molecule has 1 saturated heterocycles. The number of nitrogens with two attached hydrogens (primary N) is 1. The molecule has 0 spiro atoms. The van der Waals surface area contributed by atoms with Gasteiger partial charge >= 0.3 is 0 Å². The summed E-state index contributed by atoms with van der Waals surface area (Å²) in [7, 11) is 0. The van der Waals surface area contributed by atoms with Crippen molar-refractivity contribution < 1.29 is 4.39 Å². The number of alkyl halides is 1. The maximum absolute atomic E-state index is 13.0. The van der Waals surface area contributed by atoms with Crippen LogP contribution in [-0.2, 0) is 0 Å². The van der Waals surface area contributed by atoms with Crippen LogP contribution < -0.4 is 11.1 Å². The Morgan fingerprint density at radius 3 is 2.75 bits per heavy atom. The molecule has 0 saturated carbocycles. The van der Waals surface area contributed by atoms with Crippen LogP contribution in [0.1, 0.15) is 32.1 Å². The fraction of sp³-hybridized carbons (Fsp3) is 1.00. The smallest absolute Gasteiger partial charge is 0.154 e. The summed E-state index contributed by atoms with van der Waals surface area (Å²) in [6, 6.07) is 0. The van der Waals surface area contributed by atoms with E-state index in [0.29, 0.717) is 0 Å². The van der Waals surface area contributed by atoms with Gasteiger partial charge in [0.25, 0.3) is 0 Å². The molecule has 0 bridgehead atoms. The van der Waals surface area contributed by atoms with Crippen molar-refractivity contribution in [1.82, 2.24) is 5.32 Å². The summed E-state index contributed by atoms with van der Waals surface area (Å²) >= 11 is 0. The fourth-order valence-electron chi connectivity index (χ4n) is 1.74. The van der Waals surface area contributed by atoms with Crippen molar-refractivity contribution in [1.29, 1.82) is 0 Å². The molecule has 12 heavy (non-hydrogen) atoms. The van der Waals surface area contributed by atoms with Gasteiger partial charge in [0.2, 0.25) is 0 Å². The SMILES string of the molecule is NCCCCCC1CCNC1F. The predicted octanol–water partition coefficient (Wildman–Crippen LogP) is 1.41. The quantitative estimate of drug-likeness (QED) is 0.488. The first-order valence-corrected chi connectivity index (χ1v) is 4.92. The second-order valence-corrected chi connectivity index (χ2v) is 3.54. The number of halogens is 1. The summed E-state index contributed by atoms with van der Waals surface area (Å²) in [6.07, 6.45) is 4.64. The second kappa shape index (κ2) is 5.49. The van der Waals surface area contributed by atoms with Gasteiger partial charge in [-0.15, -0.1) is 0 Å². The van der Waals surface area contributed by atoms with Crippen LogP contribution >= 0.6 is 0 Å². The molecular formula is C9H19FN2. The molecule has 0 aromatic heterocycles. The number of unbranched alkanes of at least 4 members (excludes halogenated alkanes) is 2. The highest BCUT2D eigenvalue weighted by atomic mass is 19.1. The molecule has 3 N–H and O–H groups in total. The summed E-state index contributed by atoms with van der Waals surface area (Å²) in [6.45, 7) is 1.62. The van der Waals surface area contributed by atoms with Crippen LogP contribution in [0.2, 0.25) is 0 Å². The van der Waals surface area contributed by atoms with Gasteiger partial charge in [-0.1, -0.05) is 12.8 Å². The van der Waals surface area contributed by atoms with Crippen molar-refractivity contribution in [3.05, 3.63) is 0 Å². The van der Waals surface area contributed by atoms with Crippen LogP contribution in [0.3, 0.4) is 0 Å². The van der Waals surface area contributed by atoms with E-state index in [-0.39, 0.29) is 5.92 Å². The topological polar surface area (TPSA) is 38.0 Å². The van der Waals surface area contributed by atoms with Crippen LogP contribution in [0, 0.1) is 5.92 Å². The van der Waals surface area contributed by atoms with Gasteiger partial charge in [0.05, 0.1) is 0 Å². The minimum atomic E-state index is -0.747. The van der Waals surface area contributed by atoms with Gasteiger partial charge < -0.3 is 5.73 Å². The first-order valence-electron chi connectivity index (χ1n) is 4.92. The average Bonchev–Trinajstić information content (AvgIpc) is 2.46. The average molecular weight is 174 g/mol. The molecule has 1 fully saturated rings. The van der Waals surface area contributed by atoms with Crippen molar-refractivity contribution in [2.24, 2.45) is 11.7 Å². The van der Waals surface area contributed by atoms with E-state index in [2.05, 4.69) is 5.32 Å². The van der Waals surface area contributed by atoms with Gasteiger partial charge in [-0.3, -0.25) is 5.32 Å². The molecule has 2 nitrogen and oxygen atoms in total. The standard InChI is InChI=1S/C9H19FN2/c10-9-8(5-7-12-9)4-2-1-3-6-11/h8-9,12H,1-7,11H2. The minimum Gasteiger partial charge on any atom is -0.330 e. The minimum absolute atomic E-state index is 0.266. The van der Waals surface area contributed by atoms with Gasteiger partial charge in [-0.05, 0) is 32.4 Å². The molecule has 2 atom stereocenters. The van der Waals surface area contributed by atoms with E-state index in [0.717, 1.165) is 45.2 Å². The van der Waals surface area contributed by atoms with Gasteiger partial charge in [-0.25, -0.2) is 4.39 Å². The van der Waals surface area contributed by atoms with E-state index in [1.165, 1.54) is 0 Å². The maximum atomic E-state index is 13.0. The first kappa shape index (κ1) is 9.93. The monoisotopic (exact) mass is 174 g/mol. The molecule has 1 aliphatic heterocycles. The van der Waals surface area contributed by atoms with Crippen LogP contribution in [0.5, 0.6) is 0 Å². The summed E-state index contributed by atoms with van der Waals surface area (Å²) in [5.41, 5.74) is 5.36. The van der Waals surface area contributed by atoms with E-state index in [4.69, 9.17) is 5.73 Å². The fourth-order valence-corrected chi connectivity index (χ4v) is 1.74. The first-order chi connectivity index (χ1) is 5.84. The third-order valence-electron chi connectivity index (χ3n) is 2.55. The van der Waals surface area contributed by atoms with E-state index >= 15 is 0 Å². The van der Waals surface area contributed by atoms with Crippen LogP contribution in [0.15, 0.2) is 0 Å². The molecule has 3 heteroatoms. The Balaban J connectivity index is 1.98. The molecule has 0 aliphatic carbocycles. The third kappa shape index (κ3) is 3.07. The van der Waals surface area contributed by atoms with Crippen LogP contribution in [-0.4, -0.2) is 19.4 Å². The highest BCUT2D eigenvalue weighted by Crippen LogP contribution is 2.22. The zero-order valence-electron chi connectivity index (χ0n) is 7.56. The Bertz CT molecular complexity index is 119. The van der Waals surface area contributed by atoms with E-state index in [1.54, 1.807) is 0 Å². The normalized spacial score (nSPS) is 29.5. The molecule has 1 heterocycles.